The summed E-state index contributed by atoms with van der Waals surface area (Å²) in [5, 5.41) is 7.11. The Morgan fingerprint density at radius 2 is 1.92 bits per heavy atom. The van der Waals surface area contributed by atoms with Gasteiger partial charge < -0.3 is 5.32 Å². The average Bonchev–Trinajstić information content (AvgIpc) is 3.00. The third kappa shape index (κ3) is 4.42. The highest BCUT2D eigenvalue weighted by molar-refractivity contribution is 6.31. The lowest BCUT2D eigenvalue weighted by Crippen LogP contribution is -2.14. The van der Waals surface area contributed by atoms with Crippen molar-refractivity contribution in [3.63, 3.8) is 0 Å². The zero-order valence-electron chi connectivity index (χ0n) is 13.0. The molecule has 25 heavy (non-hydrogen) atoms. The Bertz CT molecular complexity index is 873. The number of carbonyl (C=O) groups excluding carboxylic acids is 1. The first-order valence-electron chi connectivity index (χ1n) is 7.51. The van der Waals surface area contributed by atoms with Crippen LogP contribution in [0.1, 0.15) is 11.1 Å². The van der Waals surface area contributed by atoms with Gasteiger partial charge in [0, 0.05) is 16.8 Å². The molecule has 128 valence electrons. The summed E-state index contributed by atoms with van der Waals surface area (Å²) in [7, 11) is 0. The molecular weight excluding hydrogens is 348 g/mol. The van der Waals surface area contributed by atoms with E-state index in [0.717, 1.165) is 0 Å². The second-order valence-electron chi connectivity index (χ2n) is 5.48. The van der Waals surface area contributed by atoms with Gasteiger partial charge in [-0.2, -0.15) is 5.10 Å². The molecule has 0 aliphatic heterocycles. The Balaban J connectivity index is 1.63. The van der Waals surface area contributed by atoms with E-state index in [9.17, 15) is 13.6 Å². The van der Waals surface area contributed by atoms with Crippen molar-refractivity contribution in [3.8, 4) is 0 Å². The molecule has 1 heterocycles. The lowest BCUT2D eigenvalue weighted by Gasteiger charge is -2.06. The summed E-state index contributed by atoms with van der Waals surface area (Å²) in [6.45, 7) is 0.152. The predicted molar refractivity (Wildman–Crippen MR) is 91.5 cm³/mol. The number of hydrogen-bond donors (Lipinski definition) is 1. The van der Waals surface area contributed by atoms with E-state index in [4.69, 9.17) is 11.6 Å². The summed E-state index contributed by atoms with van der Waals surface area (Å²) >= 11 is 5.99. The first kappa shape index (κ1) is 17.1. The van der Waals surface area contributed by atoms with Crippen LogP contribution in [0.15, 0.2) is 54.9 Å². The minimum absolute atomic E-state index is 0.116. The molecule has 3 aromatic rings. The summed E-state index contributed by atoms with van der Waals surface area (Å²) in [5.41, 5.74) is 1.51. The van der Waals surface area contributed by atoms with Crippen molar-refractivity contribution < 1.29 is 13.6 Å². The standard InChI is InChI=1S/C18H14ClF2N3O/c19-16-2-1-3-17(21)15(16)11-24-10-14(9-22-24)23-18(25)8-12-4-6-13(20)7-5-12/h1-7,9-10H,8,11H2,(H,23,25). The molecule has 1 aromatic heterocycles. The minimum Gasteiger partial charge on any atom is -0.323 e. The molecule has 0 saturated carbocycles. The quantitative estimate of drug-likeness (QED) is 0.745. The van der Waals surface area contributed by atoms with Gasteiger partial charge in [-0.25, -0.2) is 8.78 Å². The molecule has 0 fully saturated rings. The lowest BCUT2D eigenvalue weighted by atomic mass is 10.1. The molecule has 0 aliphatic carbocycles. The number of carbonyl (C=O) groups is 1. The molecule has 0 atom stereocenters. The average molecular weight is 362 g/mol. The molecule has 0 spiro atoms. The summed E-state index contributed by atoms with van der Waals surface area (Å²) in [6.07, 6.45) is 3.17. The number of nitrogens with one attached hydrogen (secondary N) is 1. The normalized spacial score (nSPS) is 10.7. The summed E-state index contributed by atoms with van der Waals surface area (Å²) in [5.74, 6) is -1.02. The Hall–Kier alpha value is -2.73. The topological polar surface area (TPSA) is 46.9 Å². The van der Waals surface area contributed by atoms with E-state index in [1.54, 1.807) is 24.4 Å². The Labute approximate surface area is 148 Å². The van der Waals surface area contributed by atoms with Crippen LogP contribution in [0, 0.1) is 11.6 Å². The molecule has 0 aliphatic rings. The minimum atomic E-state index is -0.412. The van der Waals surface area contributed by atoms with Gasteiger partial charge in [0.2, 0.25) is 5.91 Å². The van der Waals surface area contributed by atoms with Gasteiger partial charge in [-0.05, 0) is 29.8 Å². The number of amides is 1. The number of anilines is 1. The fraction of sp³-hybridized carbons (Fsp3) is 0.111. The molecule has 3 rings (SSSR count). The molecule has 7 heteroatoms. The van der Waals surface area contributed by atoms with Crippen molar-refractivity contribution >= 4 is 23.2 Å². The smallest absolute Gasteiger partial charge is 0.228 e. The first-order valence-corrected chi connectivity index (χ1v) is 7.89. The molecule has 2 aromatic carbocycles. The van der Waals surface area contributed by atoms with Gasteiger partial charge in [0.15, 0.2) is 0 Å². The largest absolute Gasteiger partial charge is 0.323 e. The molecule has 0 bridgehead atoms. The van der Waals surface area contributed by atoms with Gasteiger partial charge in [-0.3, -0.25) is 9.48 Å². The van der Waals surface area contributed by atoms with Crippen LogP contribution in [0.2, 0.25) is 5.02 Å². The molecule has 1 amide bonds. The maximum Gasteiger partial charge on any atom is 0.228 e. The fourth-order valence-corrected chi connectivity index (χ4v) is 2.58. The van der Waals surface area contributed by atoms with Crippen LogP contribution < -0.4 is 5.32 Å². The monoisotopic (exact) mass is 361 g/mol. The number of hydrogen-bond acceptors (Lipinski definition) is 2. The summed E-state index contributed by atoms with van der Waals surface area (Å²) in [6, 6.07) is 10.2. The molecule has 4 nitrogen and oxygen atoms in total. The molecule has 0 saturated heterocycles. The second kappa shape index (κ2) is 7.44. The number of aromatic nitrogens is 2. The van der Waals surface area contributed by atoms with Gasteiger partial charge in [-0.15, -0.1) is 0 Å². The Morgan fingerprint density at radius 1 is 1.16 bits per heavy atom. The van der Waals surface area contributed by atoms with Crippen LogP contribution in [-0.2, 0) is 17.8 Å². The lowest BCUT2D eigenvalue weighted by molar-refractivity contribution is -0.115. The fourth-order valence-electron chi connectivity index (χ4n) is 2.35. The Kier molecular flexibility index (Phi) is 5.09. The van der Waals surface area contributed by atoms with E-state index in [0.29, 0.717) is 21.8 Å². The van der Waals surface area contributed by atoms with Gasteiger partial charge in [0.25, 0.3) is 0 Å². The van der Waals surface area contributed by atoms with E-state index < -0.39 is 5.82 Å². The van der Waals surface area contributed by atoms with Gasteiger partial charge in [-0.1, -0.05) is 29.8 Å². The van der Waals surface area contributed by atoms with E-state index in [-0.39, 0.29) is 24.7 Å². The maximum absolute atomic E-state index is 13.8. The molecule has 1 N–H and O–H groups in total. The third-order valence-electron chi connectivity index (χ3n) is 3.58. The SMILES string of the molecule is O=C(Cc1ccc(F)cc1)Nc1cnn(Cc2c(F)cccc2Cl)c1. The van der Waals surface area contributed by atoms with Crippen LogP contribution in [0.25, 0.3) is 0 Å². The van der Waals surface area contributed by atoms with E-state index >= 15 is 0 Å². The van der Waals surface area contributed by atoms with Crippen LogP contribution in [0.4, 0.5) is 14.5 Å². The molecular formula is C18H14ClF2N3O. The third-order valence-corrected chi connectivity index (χ3v) is 3.93. The van der Waals surface area contributed by atoms with E-state index in [1.165, 1.54) is 35.1 Å². The molecule has 0 unspecified atom stereocenters. The highest BCUT2D eigenvalue weighted by Gasteiger charge is 2.10. The number of halogens is 3. The van der Waals surface area contributed by atoms with Crippen LogP contribution >= 0.6 is 11.6 Å². The maximum atomic E-state index is 13.8. The number of benzene rings is 2. The van der Waals surface area contributed by atoms with Crippen LogP contribution in [0.5, 0.6) is 0 Å². The van der Waals surface area contributed by atoms with Crippen molar-refractivity contribution in [2.24, 2.45) is 0 Å². The van der Waals surface area contributed by atoms with E-state index in [2.05, 4.69) is 10.4 Å². The van der Waals surface area contributed by atoms with Crippen LogP contribution in [0.3, 0.4) is 0 Å². The zero-order chi connectivity index (χ0) is 17.8. The summed E-state index contributed by atoms with van der Waals surface area (Å²) < 4.78 is 28.1. The highest BCUT2D eigenvalue weighted by atomic mass is 35.5. The highest BCUT2D eigenvalue weighted by Crippen LogP contribution is 2.20. The Morgan fingerprint density at radius 3 is 2.64 bits per heavy atom. The second-order valence-corrected chi connectivity index (χ2v) is 5.89. The van der Waals surface area contributed by atoms with Crippen molar-refractivity contribution in [1.29, 1.82) is 0 Å². The summed E-state index contributed by atoms with van der Waals surface area (Å²) in [4.78, 5) is 12.0. The number of rotatable bonds is 5. The van der Waals surface area contributed by atoms with Gasteiger partial charge in [0.1, 0.15) is 11.6 Å². The van der Waals surface area contributed by atoms with Crippen LogP contribution in [-0.4, -0.2) is 15.7 Å². The predicted octanol–water partition coefficient (Wildman–Crippen LogP) is 4.04. The van der Waals surface area contributed by atoms with Gasteiger partial charge >= 0.3 is 0 Å². The first-order chi connectivity index (χ1) is 12.0. The van der Waals surface area contributed by atoms with Crippen molar-refractivity contribution in [2.45, 2.75) is 13.0 Å². The van der Waals surface area contributed by atoms with Crippen molar-refractivity contribution in [2.75, 3.05) is 5.32 Å². The van der Waals surface area contributed by atoms with Crippen molar-refractivity contribution in [3.05, 3.63) is 82.6 Å². The zero-order valence-corrected chi connectivity index (χ0v) is 13.8. The van der Waals surface area contributed by atoms with Gasteiger partial charge in [0.05, 0.1) is 24.8 Å². The molecule has 0 radical (unpaired) electrons. The number of nitrogens with zero attached hydrogens (tertiary/aromatic N) is 2. The van der Waals surface area contributed by atoms with Crippen molar-refractivity contribution in [1.82, 2.24) is 9.78 Å². The van der Waals surface area contributed by atoms with E-state index in [1.807, 2.05) is 0 Å².